The van der Waals surface area contributed by atoms with Crippen LogP contribution >= 0.6 is 0 Å². The molecule has 4 aromatic rings. The summed E-state index contributed by atoms with van der Waals surface area (Å²) in [5.41, 5.74) is 3.28. The van der Waals surface area contributed by atoms with E-state index >= 15 is 0 Å². The molecule has 6 nitrogen and oxygen atoms in total. The molecule has 1 amide bonds. The number of halogens is 2. The molecule has 0 spiro atoms. The van der Waals surface area contributed by atoms with Crippen LogP contribution in [0.3, 0.4) is 0 Å². The molecule has 1 aliphatic rings. The van der Waals surface area contributed by atoms with E-state index < -0.39 is 11.6 Å². The highest BCUT2D eigenvalue weighted by Crippen LogP contribution is 2.34. The number of hydrazone groups is 1. The summed E-state index contributed by atoms with van der Waals surface area (Å²) < 4.78 is 34.1. The third-order valence-corrected chi connectivity index (χ3v) is 5.74. The van der Waals surface area contributed by atoms with Crippen molar-refractivity contribution < 1.29 is 18.3 Å². The van der Waals surface area contributed by atoms with Gasteiger partial charge in [-0.2, -0.15) is 5.10 Å². The lowest BCUT2D eigenvalue weighted by atomic mass is 9.98. The van der Waals surface area contributed by atoms with E-state index in [1.807, 2.05) is 54.6 Å². The largest absolute Gasteiger partial charge is 0.497 e. The topological polar surface area (TPSA) is 59.7 Å². The standard InChI is InChI=1S/C25H20F2N4O2/c1-33-18-9-7-17(8-10-18)23-13-21(16-5-3-2-4-6-16)29-31(23)25(32)14-30-15-28-22-11-19(26)20(27)12-24(22)30/h2-12,15,23H,13-14H2,1H3. The second kappa shape index (κ2) is 8.46. The van der Waals surface area contributed by atoms with Crippen molar-refractivity contribution in [1.29, 1.82) is 0 Å². The molecule has 1 aliphatic heterocycles. The number of hydrogen-bond acceptors (Lipinski definition) is 4. The quantitative estimate of drug-likeness (QED) is 0.447. The number of carbonyl (C=O) groups excluding carboxylic acids is 1. The smallest absolute Gasteiger partial charge is 0.263 e. The Kier molecular flexibility index (Phi) is 5.34. The lowest BCUT2D eigenvalue weighted by molar-refractivity contribution is -0.133. The van der Waals surface area contributed by atoms with Gasteiger partial charge in [-0.25, -0.2) is 18.8 Å². The molecule has 0 saturated carbocycles. The van der Waals surface area contributed by atoms with Crippen LogP contribution in [0.2, 0.25) is 0 Å². The Labute approximate surface area is 188 Å². The van der Waals surface area contributed by atoms with Gasteiger partial charge < -0.3 is 9.30 Å². The van der Waals surface area contributed by atoms with E-state index in [1.165, 1.54) is 15.9 Å². The summed E-state index contributed by atoms with van der Waals surface area (Å²) in [5.74, 6) is -1.53. The Morgan fingerprint density at radius 2 is 1.79 bits per heavy atom. The van der Waals surface area contributed by atoms with Crippen molar-refractivity contribution in [2.24, 2.45) is 5.10 Å². The minimum Gasteiger partial charge on any atom is -0.497 e. The molecule has 33 heavy (non-hydrogen) atoms. The first-order valence-electron chi connectivity index (χ1n) is 10.4. The van der Waals surface area contributed by atoms with E-state index in [0.29, 0.717) is 11.9 Å². The lowest BCUT2D eigenvalue weighted by Crippen LogP contribution is -2.30. The summed E-state index contributed by atoms with van der Waals surface area (Å²) >= 11 is 0. The first-order valence-corrected chi connectivity index (χ1v) is 10.4. The predicted octanol–water partition coefficient (Wildman–Crippen LogP) is 4.70. The highest BCUT2D eigenvalue weighted by atomic mass is 19.2. The highest BCUT2D eigenvalue weighted by Gasteiger charge is 2.33. The number of imidazole rings is 1. The molecule has 8 heteroatoms. The number of nitrogens with zero attached hydrogens (tertiary/aromatic N) is 4. The van der Waals surface area contributed by atoms with Crippen molar-refractivity contribution in [3.8, 4) is 5.75 Å². The molecule has 2 heterocycles. The number of ether oxygens (including phenoxy) is 1. The summed E-state index contributed by atoms with van der Waals surface area (Å²) in [6.07, 6.45) is 1.95. The predicted molar refractivity (Wildman–Crippen MR) is 120 cm³/mol. The molecule has 0 N–H and O–H groups in total. The zero-order valence-corrected chi connectivity index (χ0v) is 17.8. The molecular weight excluding hydrogens is 426 g/mol. The number of hydrogen-bond donors (Lipinski definition) is 0. The summed E-state index contributed by atoms with van der Waals surface area (Å²) in [5, 5.41) is 6.12. The third-order valence-electron chi connectivity index (χ3n) is 5.74. The first-order chi connectivity index (χ1) is 16.0. The molecule has 0 saturated heterocycles. The number of methoxy groups -OCH3 is 1. The van der Waals surface area contributed by atoms with Crippen molar-refractivity contribution in [3.05, 3.63) is 95.8 Å². The number of amides is 1. The number of rotatable bonds is 5. The fourth-order valence-corrected chi connectivity index (χ4v) is 4.03. The Bertz CT molecular complexity index is 1350. The van der Waals surface area contributed by atoms with Crippen LogP contribution in [0.1, 0.15) is 23.6 Å². The van der Waals surface area contributed by atoms with E-state index in [2.05, 4.69) is 10.1 Å². The number of fused-ring (bicyclic) bond motifs is 1. The van der Waals surface area contributed by atoms with E-state index in [1.54, 1.807) is 7.11 Å². The van der Waals surface area contributed by atoms with Gasteiger partial charge in [0.1, 0.15) is 12.3 Å². The van der Waals surface area contributed by atoms with Gasteiger partial charge in [0.15, 0.2) is 11.6 Å². The van der Waals surface area contributed by atoms with Crippen LogP contribution in [-0.2, 0) is 11.3 Å². The Balaban J connectivity index is 1.48. The SMILES string of the molecule is COc1ccc(C2CC(c3ccccc3)=NN2C(=O)Cn2cnc3cc(F)c(F)cc32)cc1. The van der Waals surface area contributed by atoms with Crippen LogP contribution in [0.5, 0.6) is 5.75 Å². The maximum Gasteiger partial charge on any atom is 0.263 e. The minimum absolute atomic E-state index is 0.111. The molecular formula is C25H20F2N4O2. The van der Waals surface area contributed by atoms with Gasteiger partial charge in [-0.15, -0.1) is 0 Å². The fraction of sp³-hybridized carbons (Fsp3) is 0.160. The molecule has 1 atom stereocenters. The monoisotopic (exact) mass is 446 g/mol. The van der Waals surface area contributed by atoms with Crippen molar-refractivity contribution in [3.63, 3.8) is 0 Å². The van der Waals surface area contributed by atoms with Crippen LogP contribution in [-0.4, -0.2) is 33.3 Å². The van der Waals surface area contributed by atoms with Crippen LogP contribution in [0.25, 0.3) is 11.0 Å². The average molecular weight is 446 g/mol. The summed E-state index contributed by atoms with van der Waals surface area (Å²) in [4.78, 5) is 17.5. The van der Waals surface area contributed by atoms with Gasteiger partial charge in [0.05, 0.1) is 36.2 Å². The van der Waals surface area contributed by atoms with Gasteiger partial charge in [0.2, 0.25) is 0 Å². The van der Waals surface area contributed by atoms with Gasteiger partial charge in [-0.05, 0) is 23.3 Å². The molecule has 5 rings (SSSR count). The second-order valence-corrected chi connectivity index (χ2v) is 7.77. The molecule has 1 unspecified atom stereocenters. The average Bonchev–Trinajstić information content (AvgIpc) is 3.45. The fourth-order valence-electron chi connectivity index (χ4n) is 4.03. The van der Waals surface area contributed by atoms with E-state index in [9.17, 15) is 13.6 Å². The van der Waals surface area contributed by atoms with Crippen molar-refractivity contribution in [2.75, 3.05) is 7.11 Å². The zero-order valence-electron chi connectivity index (χ0n) is 17.8. The summed E-state index contributed by atoms with van der Waals surface area (Å²) in [6.45, 7) is -0.111. The number of aromatic nitrogens is 2. The molecule has 0 bridgehead atoms. The van der Waals surface area contributed by atoms with E-state index in [4.69, 9.17) is 4.74 Å². The van der Waals surface area contributed by atoms with Crippen LogP contribution in [0.15, 0.2) is 78.2 Å². The zero-order chi connectivity index (χ0) is 22.9. The lowest BCUT2D eigenvalue weighted by Gasteiger charge is -2.22. The summed E-state index contributed by atoms with van der Waals surface area (Å²) in [6, 6.07) is 19.0. The second-order valence-electron chi connectivity index (χ2n) is 7.77. The maximum absolute atomic E-state index is 13.8. The molecule has 1 aromatic heterocycles. The molecule has 0 fully saturated rings. The van der Waals surface area contributed by atoms with Gasteiger partial charge >= 0.3 is 0 Å². The number of carbonyl (C=O) groups is 1. The highest BCUT2D eigenvalue weighted by molar-refractivity contribution is 6.03. The van der Waals surface area contributed by atoms with Crippen molar-refractivity contribution >= 4 is 22.7 Å². The molecule has 0 radical (unpaired) electrons. The van der Waals surface area contributed by atoms with Gasteiger partial charge in [0.25, 0.3) is 5.91 Å². The third kappa shape index (κ3) is 3.95. The summed E-state index contributed by atoms with van der Waals surface area (Å²) in [7, 11) is 1.60. The Morgan fingerprint density at radius 1 is 1.06 bits per heavy atom. The molecule has 3 aromatic carbocycles. The van der Waals surface area contributed by atoms with Crippen LogP contribution < -0.4 is 4.74 Å². The Hall–Kier alpha value is -4.07. The normalized spacial score (nSPS) is 15.7. The van der Waals surface area contributed by atoms with Crippen LogP contribution in [0, 0.1) is 11.6 Å². The molecule has 166 valence electrons. The van der Waals surface area contributed by atoms with Gasteiger partial charge in [-0.1, -0.05) is 42.5 Å². The maximum atomic E-state index is 13.8. The van der Waals surface area contributed by atoms with Crippen LogP contribution in [0.4, 0.5) is 8.78 Å². The molecule has 0 aliphatic carbocycles. The van der Waals surface area contributed by atoms with Gasteiger partial charge in [0, 0.05) is 18.6 Å². The Morgan fingerprint density at radius 3 is 2.52 bits per heavy atom. The van der Waals surface area contributed by atoms with Crippen molar-refractivity contribution in [2.45, 2.75) is 19.0 Å². The van der Waals surface area contributed by atoms with E-state index in [-0.39, 0.29) is 24.0 Å². The number of benzene rings is 3. The van der Waals surface area contributed by atoms with E-state index in [0.717, 1.165) is 34.7 Å². The minimum atomic E-state index is -0.988. The van der Waals surface area contributed by atoms with Gasteiger partial charge in [-0.3, -0.25) is 4.79 Å². The van der Waals surface area contributed by atoms with Crippen molar-refractivity contribution in [1.82, 2.24) is 14.6 Å². The first kappa shape index (κ1) is 20.8.